The van der Waals surface area contributed by atoms with E-state index in [0.717, 1.165) is 13.7 Å². The van der Waals surface area contributed by atoms with Crippen LogP contribution in [0.5, 0.6) is 0 Å². The molecular weight excluding hydrogens is 330 g/mol. The average molecular weight is 347 g/mol. The number of carbonyl (C=O) groups is 1. The second kappa shape index (κ2) is 7.47. The molecule has 0 unspecified atom stereocenters. The molecule has 2 aromatic rings. The van der Waals surface area contributed by atoms with Gasteiger partial charge in [0.2, 0.25) is 5.76 Å². The Hall–Kier alpha value is -3.36. The van der Waals surface area contributed by atoms with Gasteiger partial charge in [0.1, 0.15) is 5.76 Å². The van der Waals surface area contributed by atoms with Crippen LogP contribution in [0, 0.1) is 0 Å². The lowest BCUT2D eigenvalue weighted by Crippen LogP contribution is -2.54. The van der Waals surface area contributed by atoms with E-state index >= 15 is 0 Å². The molecule has 0 spiro atoms. The largest absolute Gasteiger partial charge is 0.463 e. The fourth-order valence-corrected chi connectivity index (χ4v) is 2.22. The summed E-state index contributed by atoms with van der Waals surface area (Å²) in [6.07, 6.45) is 2.75. The maximum Gasteiger partial charge on any atom is 0.373 e. The third kappa shape index (κ3) is 3.44. The Kier molecular flexibility index (Phi) is 5.38. The monoisotopic (exact) mass is 347 g/mol. The highest BCUT2D eigenvalue weighted by atomic mass is 16.5. The van der Waals surface area contributed by atoms with Crippen molar-refractivity contribution in [2.75, 3.05) is 7.11 Å². The van der Waals surface area contributed by atoms with Gasteiger partial charge in [-0.05, 0) is 12.1 Å². The topological polar surface area (TPSA) is 105 Å². The van der Waals surface area contributed by atoms with Crippen LogP contribution in [0.1, 0.15) is 16.3 Å². The first-order valence-corrected chi connectivity index (χ1v) is 7.27. The Bertz CT molecular complexity index is 940. The third-order valence-corrected chi connectivity index (χ3v) is 3.37. The van der Waals surface area contributed by atoms with Crippen molar-refractivity contribution in [3.63, 3.8) is 0 Å². The van der Waals surface area contributed by atoms with Gasteiger partial charge in [0.15, 0.2) is 0 Å². The first-order valence-electron chi connectivity index (χ1n) is 7.27. The predicted molar refractivity (Wildman–Crippen MR) is 88.8 cm³/mol. The normalized spacial score (nSPS) is 10.4. The summed E-state index contributed by atoms with van der Waals surface area (Å²) in [4.78, 5) is 48.6. The number of allylic oxidation sites excluding steroid dienone is 2. The minimum atomic E-state index is -0.800. The zero-order chi connectivity index (χ0) is 18.6. The molecule has 0 atom stereocenters. The molecule has 2 rings (SSSR count). The molecule has 0 aromatic carbocycles. The van der Waals surface area contributed by atoms with E-state index in [1.165, 1.54) is 31.4 Å². The number of esters is 1. The molecule has 0 aliphatic carbocycles. The lowest BCUT2D eigenvalue weighted by molar-refractivity contribution is 0.0563. The molecular formula is C16H17N3O6. The van der Waals surface area contributed by atoms with Crippen LogP contribution in [0.3, 0.4) is 0 Å². The summed E-state index contributed by atoms with van der Waals surface area (Å²) in [5.41, 5.74) is -2.35. The van der Waals surface area contributed by atoms with Crippen LogP contribution in [0.25, 0.3) is 0 Å². The van der Waals surface area contributed by atoms with Gasteiger partial charge in [-0.2, -0.15) is 0 Å². The highest BCUT2D eigenvalue weighted by molar-refractivity contribution is 5.86. The van der Waals surface area contributed by atoms with Gasteiger partial charge in [0.25, 0.3) is 0 Å². The van der Waals surface area contributed by atoms with E-state index in [9.17, 15) is 19.2 Å². The molecule has 9 heteroatoms. The molecule has 2 aromatic heterocycles. The molecule has 9 nitrogen and oxygen atoms in total. The summed E-state index contributed by atoms with van der Waals surface area (Å²) in [5, 5.41) is 0. The van der Waals surface area contributed by atoms with E-state index in [4.69, 9.17) is 4.42 Å². The highest BCUT2D eigenvalue weighted by Crippen LogP contribution is 2.09. The van der Waals surface area contributed by atoms with Gasteiger partial charge in [-0.1, -0.05) is 12.2 Å². The highest BCUT2D eigenvalue weighted by Gasteiger charge is 2.17. The Morgan fingerprint density at radius 3 is 2.04 bits per heavy atom. The molecule has 0 amide bonds. The number of rotatable bonds is 7. The van der Waals surface area contributed by atoms with Crippen molar-refractivity contribution in [1.29, 1.82) is 0 Å². The molecule has 0 bridgehead atoms. The Labute approximate surface area is 141 Å². The van der Waals surface area contributed by atoms with Crippen molar-refractivity contribution in [3.05, 3.63) is 80.4 Å². The number of ether oxygens (including phenoxy) is 1. The molecule has 25 heavy (non-hydrogen) atoms. The second-order valence-electron chi connectivity index (χ2n) is 4.99. The molecule has 0 saturated carbocycles. The average Bonchev–Trinajstić information content (AvgIpc) is 3.07. The van der Waals surface area contributed by atoms with E-state index < -0.39 is 23.0 Å². The number of aromatic nitrogens is 3. The van der Waals surface area contributed by atoms with Crippen LogP contribution in [0.2, 0.25) is 0 Å². The maximum absolute atomic E-state index is 12.5. The standard InChI is InChI=1S/C16H17N3O6/c1-4-8-17-14(21)18(9-5-2)16(23)19(15(17)22)10-11-6-7-12(25-11)13(20)24-3/h4-7H,1-2,8-10H2,3H3. The Balaban J connectivity index is 2.58. The summed E-state index contributed by atoms with van der Waals surface area (Å²) in [5.74, 6) is -0.552. The summed E-state index contributed by atoms with van der Waals surface area (Å²) >= 11 is 0. The number of methoxy groups -OCH3 is 1. The van der Waals surface area contributed by atoms with Gasteiger partial charge in [-0.3, -0.25) is 0 Å². The fourth-order valence-electron chi connectivity index (χ4n) is 2.22. The van der Waals surface area contributed by atoms with E-state index in [0.29, 0.717) is 0 Å². The molecule has 0 aliphatic rings. The number of furan rings is 1. The van der Waals surface area contributed by atoms with Crippen LogP contribution in [-0.4, -0.2) is 26.8 Å². The minimum Gasteiger partial charge on any atom is -0.463 e. The third-order valence-electron chi connectivity index (χ3n) is 3.37. The van der Waals surface area contributed by atoms with Crippen LogP contribution >= 0.6 is 0 Å². The smallest absolute Gasteiger partial charge is 0.373 e. The van der Waals surface area contributed by atoms with Crippen molar-refractivity contribution < 1.29 is 13.9 Å². The van der Waals surface area contributed by atoms with Gasteiger partial charge in [-0.25, -0.2) is 32.9 Å². The quantitative estimate of drug-likeness (QED) is 0.514. The molecule has 0 saturated heterocycles. The first-order chi connectivity index (χ1) is 11.9. The molecule has 0 aliphatic heterocycles. The van der Waals surface area contributed by atoms with Gasteiger partial charge < -0.3 is 9.15 Å². The van der Waals surface area contributed by atoms with Crippen LogP contribution in [0.4, 0.5) is 0 Å². The predicted octanol–water partition coefficient (Wildman–Crippen LogP) is -0.0284. The van der Waals surface area contributed by atoms with Crippen LogP contribution in [0.15, 0.2) is 56.2 Å². The molecule has 0 N–H and O–H groups in total. The van der Waals surface area contributed by atoms with E-state index in [1.807, 2.05) is 0 Å². The maximum atomic E-state index is 12.5. The van der Waals surface area contributed by atoms with Crippen LogP contribution < -0.4 is 17.1 Å². The van der Waals surface area contributed by atoms with Gasteiger partial charge in [-0.15, -0.1) is 13.2 Å². The molecule has 2 heterocycles. The fraction of sp³-hybridized carbons (Fsp3) is 0.250. The number of hydrogen-bond acceptors (Lipinski definition) is 6. The first kappa shape index (κ1) is 18.0. The van der Waals surface area contributed by atoms with E-state index in [-0.39, 0.29) is 31.2 Å². The lowest BCUT2D eigenvalue weighted by Gasteiger charge is -2.11. The number of carbonyl (C=O) groups excluding carboxylic acids is 1. The lowest BCUT2D eigenvalue weighted by atomic mass is 10.4. The summed E-state index contributed by atoms with van der Waals surface area (Å²) in [6.45, 7) is 6.64. The summed E-state index contributed by atoms with van der Waals surface area (Å²) in [6, 6.07) is 2.81. The zero-order valence-electron chi connectivity index (χ0n) is 13.6. The van der Waals surface area contributed by atoms with Crippen molar-refractivity contribution in [2.45, 2.75) is 19.6 Å². The van der Waals surface area contributed by atoms with E-state index in [2.05, 4.69) is 17.9 Å². The zero-order valence-corrected chi connectivity index (χ0v) is 13.6. The molecule has 0 fully saturated rings. The number of hydrogen-bond donors (Lipinski definition) is 0. The van der Waals surface area contributed by atoms with Crippen molar-refractivity contribution in [2.24, 2.45) is 0 Å². The Morgan fingerprint density at radius 2 is 1.56 bits per heavy atom. The van der Waals surface area contributed by atoms with Gasteiger partial charge >= 0.3 is 23.0 Å². The van der Waals surface area contributed by atoms with Crippen molar-refractivity contribution >= 4 is 5.97 Å². The van der Waals surface area contributed by atoms with Gasteiger partial charge in [0.05, 0.1) is 26.7 Å². The van der Waals surface area contributed by atoms with Crippen molar-refractivity contribution in [3.8, 4) is 0 Å². The number of nitrogens with zero attached hydrogens (tertiary/aromatic N) is 3. The SMILES string of the molecule is C=CCn1c(=O)n(CC=C)c(=O)n(Cc2ccc(C(=O)OC)o2)c1=O. The summed E-state index contributed by atoms with van der Waals surface area (Å²) < 4.78 is 12.4. The molecule has 132 valence electrons. The molecule has 0 radical (unpaired) electrons. The van der Waals surface area contributed by atoms with Gasteiger partial charge in [0, 0.05) is 0 Å². The Morgan fingerprint density at radius 1 is 1.04 bits per heavy atom. The minimum absolute atomic E-state index is 0.0549. The van der Waals surface area contributed by atoms with Crippen LogP contribution in [-0.2, 0) is 24.4 Å². The second-order valence-corrected chi connectivity index (χ2v) is 4.99. The summed E-state index contributed by atoms with van der Waals surface area (Å²) in [7, 11) is 1.20. The van der Waals surface area contributed by atoms with E-state index in [1.54, 1.807) is 0 Å². The van der Waals surface area contributed by atoms with Crippen molar-refractivity contribution in [1.82, 2.24) is 13.7 Å².